The van der Waals surface area contributed by atoms with Crippen LogP contribution in [0.25, 0.3) is 11.0 Å². The number of hydrogen-bond acceptors (Lipinski definition) is 2. The van der Waals surface area contributed by atoms with Crippen molar-refractivity contribution >= 4 is 11.0 Å². The molecule has 2 aromatic rings. The van der Waals surface area contributed by atoms with Gasteiger partial charge in [-0.1, -0.05) is 19.9 Å². The minimum Gasteiger partial charge on any atom is -0.459 e. The second kappa shape index (κ2) is 5.15. The summed E-state index contributed by atoms with van der Waals surface area (Å²) in [5.41, 5.74) is 4.91. The van der Waals surface area contributed by atoms with Gasteiger partial charge >= 0.3 is 0 Å². The fourth-order valence-electron chi connectivity index (χ4n) is 2.27. The topological polar surface area (TPSA) is 25.2 Å². The van der Waals surface area contributed by atoms with Gasteiger partial charge in [0.2, 0.25) is 0 Å². The van der Waals surface area contributed by atoms with Gasteiger partial charge in [0.25, 0.3) is 0 Å². The van der Waals surface area contributed by atoms with E-state index in [4.69, 9.17) is 4.42 Å². The Morgan fingerprint density at radius 2 is 1.83 bits per heavy atom. The molecule has 0 saturated heterocycles. The Bertz CT molecular complexity index is 552. The van der Waals surface area contributed by atoms with Crippen LogP contribution in [0.1, 0.15) is 36.3 Å². The van der Waals surface area contributed by atoms with Crippen LogP contribution in [0.5, 0.6) is 0 Å². The predicted molar refractivity (Wildman–Crippen MR) is 77.0 cm³/mol. The summed E-state index contributed by atoms with van der Waals surface area (Å²) >= 11 is 0. The normalized spacial score (nSPS) is 11.7. The highest BCUT2D eigenvalue weighted by Gasteiger charge is 2.10. The smallest absolute Gasteiger partial charge is 0.137 e. The van der Waals surface area contributed by atoms with E-state index in [1.807, 2.05) is 0 Å². The zero-order valence-corrected chi connectivity index (χ0v) is 12.1. The van der Waals surface area contributed by atoms with Gasteiger partial charge in [0, 0.05) is 5.39 Å². The van der Waals surface area contributed by atoms with Crippen molar-refractivity contribution in [3.63, 3.8) is 0 Å². The molecule has 0 bridgehead atoms. The molecule has 0 aliphatic carbocycles. The van der Waals surface area contributed by atoms with Crippen molar-refractivity contribution in [1.82, 2.24) is 5.32 Å². The first-order chi connectivity index (χ1) is 8.49. The first-order valence-corrected chi connectivity index (χ1v) is 6.69. The van der Waals surface area contributed by atoms with Gasteiger partial charge in [0.1, 0.15) is 11.3 Å². The van der Waals surface area contributed by atoms with E-state index >= 15 is 0 Å². The van der Waals surface area contributed by atoms with Crippen molar-refractivity contribution in [2.24, 2.45) is 5.92 Å². The van der Waals surface area contributed by atoms with Crippen LogP contribution < -0.4 is 5.32 Å². The second-order valence-electron chi connectivity index (χ2n) is 5.62. The maximum Gasteiger partial charge on any atom is 0.137 e. The highest BCUT2D eigenvalue weighted by Crippen LogP contribution is 2.28. The first-order valence-electron chi connectivity index (χ1n) is 6.69. The molecule has 0 spiro atoms. The van der Waals surface area contributed by atoms with Gasteiger partial charge in [-0.2, -0.15) is 0 Å². The van der Waals surface area contributed by atoms with Crippen LogP contribution in [0.3, 0.4) is 0 Å². The molecule has 0 fully saturated rings. The van der Waals surface area contributed by atoms with Crippen LogP contribution in [0.15, 0.2) is 16.5 Å². The zero-order valence-electron chi connectivity index (χ0n) is 12.1. The Labute approximate surface area is 109 Å². The third-order valence-corrected chi connectivity index (χ3v) is 3.42. The fraction of sp³-hybridized carbons (Fsp3) is 0.500. The fourth-order valence-corrected chi connectivity index (χ4v) is 2.27. The molecule has 2 rings (SSSR count). The van der Waals surface area contributed by atoms with Crippen LogP contribution in [-0.2, 0) is 6.54 Å². The molecule has 0 aliphatic heterocycles. The quantitative estimate of drug-likeness (QED) is 0.877. The monoisotopic (exact) mass is 245 g/mol. The second-order valence-corrected chi connectivity index (χ2v) is 5.62. The van der Waals surface area contributed by atoms with E-state index in [2.05, 4.69) is 52.1 Å². The maximum absolute atomic E-state index is 5.98. The van der Waals surface area contributed by atoms with E-state index < -0.39 is 0 Å². The van der Waals surface area contributed by atoms with E-state index in [1.54, 1.807) is 0 Å². The minimum atomic E-state index is 0.667. The molecule has 0 amide bonds. The largest absolute Gasteiger partial charge is 0.459 e. The molecular formula is C16H23NO. The third kappa shape index (κ3) is 2.59. The Morgan fingerprint density at radius 3 is 2.50 bits per heavy atom. The van der Waals surface area contributed by atoms with E-state index in [0.717, 1.165) is 24.4 Å². The highest BCUT2D eigenvalue weighted by atomic mass is 16.3. The lowest BCUT2D eigenvalue weighted by atomic mass is 10.0. The summed E-state index contributed by atoms with van der Waals surface area (Å²) in [6, 6.07) is 4.41. The molecule has 1 heterocycles. The average molecular weight is 245 g/mol. The number of aryl methyl sites for hydroxylation is 3. The van der Waals surface area contributed by atoms with Gasteiger partial charge in [-0.15, -0.1) is 0 Å². The molecule has 1 N–H and O–H groups in total. The molecule has 0 atom stereocenters. The lowest BCUT2D eigenvalue weighted by molar-refractivity contribution is 0.484. The molecule has 2 nitrogen and oxygen atoms in total. The molecule has 18 heavy (non-hydrogen) atoms. The molecule has 0 unspecified atom stereocenters. The first kappa shape index (κ1) is 13.2. The SMILES string of the molecule is Cc1cc(C)c2cc(CNCC(C)C)oc2c1C. The number of hydrogen-bond donors (Lipinski definition) is 1. The van der Waals surface area contributed by atoms with Crippen LogP contribution in [-0.4, -0.2) is 6.54 Å². The molecule has 1 aromatic carbocycles. The number of rotatable bonds is 4. The zero-order chi connectivity index (χ0) is 13.3. The van der Waals surface area contributed by atoms with E-state index in [0.29, 0.717) is 5.92 Å². The third-order valence-electron chi connectivity index (χ3n) is 3.42. The standard InChI is InChI=1S/C16H23NO/c1-10(2)8-17-9-14-7-15-12(4)6-11(3)13(5)16(15)18-14/h6-7,10,17H,8-9H2,1-5H3. The van der Waals surface area contributed by atoms with E-state index in [-0.39, 0.29) is 0 Å². The van der Waals surface area contributed by atoms with Gasteiger partial charge in [0.15, 0.2) is 0 Å². The van der Waals surface area contributed by atoms with E-state index in [1.165, 1.54) is 22.1 Å². The highest BCUT2D eigenvalue weighted by molar-refractivity contribution is 5.85. The lowest BCUT2D eigenvalue weighted by Gasteiger charge is -2.04. The summed E-state index contributed by atoms with van der Waals surface area (Å²) in [5.74, 6) is 1.70. The molecule has 2 heteroatoms. The van der Waals surface area contributed by atoms with Crippen molar-refractivity contribution in [2.75, 3.05) is 6.54 Å². The summed E-state index contributed by atoms with van der Waals surface area (Å²) in [6.45, 7) is 12.7. The van der Waals surface area contributed by atoms with Crippen molar-refractivity contribution in [1.29, 1.82) is 0 Å². The number of furan rings is 1. The molecule has 0 radical (unpaired) electrons. The number of nitrogens with one attached hydrogen (secondary N) is 1. The molecular weight excluding hydrogens is 222 g/mol. The summed E-state index contributed by atoms with van der Waals surface area (Å²) in [7, 11) is 0. The molecule has 98 valence electrons. The summed E-state index contributed by atoms with van der Waals surface area (Å²) in [6.07, 6.45) is 0. The molecule has 0 saturated carbocycles. The average Bonchev–Trinajstić information content (AvgIpc) is 2.70. The van der Waals surface area contributed by atoms with Gasteiger partial charge in [-0.05, 0) is 56.0 Å². The van der Waals surface area contributed by atoms with E-state index in [9.17, 15) is 0 Å². The van der Waals surface area contributed by atoms with Crippen molar-refractivity contribution in [3.8, 4) is 0 Å². The summed E-state index contributed by atoms with van der Waals surface area (Å²) in [5, 5.41) is 4.67. The van der Waals surface area contributed by atoms with Crippen molar-refractivity contribution < 1.29 is 4.42 Å². The lowest BCUT2D eigenvalue weighted by Crippen LogP contribution is -2.18. The van der Waals surface area contributed by atoms with Crippen LogP contribution >= 0.6 is 0 Å². The van der Waals surface area contributed by atoms with Crippen LogP contribution in [0.2, 0.25) is 0 Å². The van der Waals surface area contributed by atoms with Crippen LogP contribution in [0.4, 0.5) is 0 Å². The maximum atomic E-state index is 5.98. The van der Waals surface area contributed by atoms with Crippen molar-refractivity contribution in [3.05, 3.63) is 34.6 Å². The van der Waals surface area contributed by atoms with Crippen LogP contribution in [0, 0.1) is 26.7 Å². The number of benzene rings is 1. The minimum absolute atomic E-state index is 0.667. The van der Waals surface area contributed by atoms with Crippen molar-refractivity contribution in [2.45, 2.75) is 41.2 Å². The summed E-state index contributed by atoms with van der Waals surface area (Å²) in [4.78, 5) is 0. The van der Waals surface area contributed by atoms with Gasteiger partial charge in [-0.25, -0.2) is 0 Å². The Hall–Kier alpha value is -1.28. The Kier molecular flexibility index (Phi) is 3.76. The van der Waals surface area contributed by atoms with Gasteiger partial charge in [-0.3, -0.25) is 0 Å². The Balaban J connectivity index is 2.27. The molecule has 1 aromatic heterocycles. The number of fused-ring (bicyclic) bond motifs is 1. The molecule has 0 aliphatic rings. The predicted octanol–water partition coefficient (Wildman–Crippen LogP) is 4.10. The van der Waals surface area contributed by atoms with Gasteiger partial charge in [0.05, 0.1) is 6.54 Å². The van der Waals surface area contributed by atoms with Gasteiger partial charge < -0.3 is 9.73 Å². The Morgan fingerprint density at radius 1 is 1.11 bits per heavy atom. The summed E-state index contributed by atoms with van der Waals surface area (Å²) < 4.78 is 5.98.